The Balaban J connectivity index is 1.33. The molecule has 2 aliphatic rings. The summed E-state index contributed by atoms with van der Waals surface area (Å²) in [5, 5.41) is 4.79. The number of imidazole rings is 1. The minimum atomic E-state index is -0.139. The molecule has 6 rings (SSSR count). The van der Waals surface area contributed by atoms with Crippen molar-refractivity contribution in [1.82, 2.24) is 29.0 Å². The lowest BCUT2D eigenvalue weighted by molar-refractivity contribution is 0.0296. The quantitative estimate of drug-likeness (QED) is 0.457. The van der Waals surface area contributed by atoms with Crippen LogP contribution in [0.5, 0.6) is 0 Å². The third kappa shape index (κ3) is 4.08. The molecule has 0 saturated carbocycles. The molecule has 1 saturated heterocycles. The van der Waals surface area contributed by atoms with E-state index >= 15 is 0 Å². The van der Waals surface area contributed by atoms with E-state index < -0.39 is 0 Å². The lowest BCUT2D eigenvalue weighted by Crippen LogP contribution is -2.42. The fraction of sp³-hybridized carbons (Fsp3) is 0.308. The second kappa shape index (κ2) is 8.99. The Morgan fingerprint density at radius 3 is 2.51 bits per heavy atom. The van der Waals surface area contributed by atoms with Crippen LogP contribution in [-0.4, -0.2) is 73.6 Å². The van der Waals surface area contributed by atoms with Gasteiger partial charge in [0.2, 0.25) is 0 Å². The molecule has 2 amide bonds. The Labute approximate surface area is 202 Å². The molecule has 0 bridgehead atoms. The van der Waals surface area contributed by atoms with E-state index in [1.54, 1.807) is 16.0 Å². The zero-order valence-corrected chi connectivity index (χ0v) is 19.3. The van der Waals surface area contributed by atoms with Crippen molar-refractivity contribution in [3.8, 4) is 0 Å². The Morgan fingerprint density at radius 2 is 1.71 bits per heavy atom. The van der Waals surface area contributed by atoms with Gasteiger partial charge < -0.3 is 18.9 Å². The third-order valence-electron chi connectivity index (χ3n) is 6.68. The standard InChI is InChI=1S/C26H26N6O3/c33-25(21-18-30-10-5-4-8-23(30)27-21)31-11-9-22-20(17-31)24(26(34)29-12-14-35-15-13-29)28-32(22)16-19-6-2-1-3-7-19/h1-8,10,18H,9,11-17H2. The molecule has 0 aliphatic carbocycles. The number of hydrogen-bond acceptors (Lipinski definition) is 5. The molecule has 2 aliphatic heterocycles. The van der Waals surface area contributed by atoms with Crippen LogP contribution < -0.4 is 0 Å². The maximum atomic E-state index is 13.5. The van der Waals surface area contributed by atoms with Gasteiger partial charge in [-0.1, -0.05) is 36.4 Å². The van der Waals surface area contributed by atoms with Gasteiger partial charge in [-0.05, 0) is 17.7 Å². The molecule has 0 atom stereocenters. The molecule has 1 aromatic carbocycles. The van der Waals surface area contributed by atoms with Crippen LogP contribution in [0.25, 0.3) is 5.65 Å². The Hall–Kier alpha value is -3.98. The van der Waals surface area contributed by atoms with E-state index in [0.717, 1.165) is 22.5 Å². The highest BCUT2D eigenvalue weighted by molar-refractivity contribution is 5.95. The van der Waals surface area contributed by atoms with Crippen molar-refractivity contribution in [2.75, 3.05) is 32.8 Å². The number of hydrogen-bond donors (Lipinski definition) is 0. The molecule has 9 heteroatoms. The first-order valence-electron chi connectivity index (χ1n) is 11.9. The predicted molar refractivity (Wildman–Crippen MR) is 128 cm³/mol. The molecule has 178 valence electrons. The van der Waals surface area contributed by atoms with Crippen molar-refractivity contribution in [2.24, 2.45) is 0 Å². The van der Waals surface area contributed by atoms with Gasteiger partial charge in [0, 0.05) is 49.7 Å². The van der Waals surface area contributed by atoms with Crippen LogP contribution in [0.2, 0.25) is 0 Å². The molecule has 1 fully saturated rings. The molecule has 0 N–H and O–H groups in total. The number of carbonyl (C=O) groups is 2. The zero-order valence-electron chi connectivity index (χ0n) is 19.3. The lowest BCUT2D eigenvalue weighted by Gasteiger charge is -2.29. The van der Waals surface area contributed by atoms with Crippen LogP contribution in [0, 0.1) is 0 Å². The summed E-state index contributed by atoms with van der Waals surface area (Å²) in [6, 6.07) is 15.8. The van der Waals surface area contributed by atoms with E-state index in [1.807, 2.05) is 51.7 Å². The first kappa shape index (κ1) is 21.5. The Morgan fingerprint density at radius 1 is 0.914 bits per heavy atom. The monoisotopic (exact) mass is 470 g/mol. The van der Waals surface area contributed by atoms with Gasteiger partial charge in [0.25, 0.3) is 11.8 Å². The van der Waals surface area contributed by atoms with Crippen molar-refractivity contribution < 1.29 is 14.3 Å². The Kier molecular flexibility index (Phi) is 5.54. The van der Waals surface area contributed by atoms with Crippen molar-refractivity contribution in [2.45, 2.75) is 19.5 Å². The smallest absolute Gasteiger partial charge is 0.274 e. The summed E-state index contributed by atoms with van der Waals surface area (Å²) in [4.78, 5) is 34.9. The van der Waals surface area contributed by atoms with Gasteiger partial charge in [-0.2, -0.15) is 5.10 Å². The van der Waals surface area contributed by atoms with Crippen LogP contribution in [0.1, 0.15) is 37.8 Å². The van der Waals surface area contributed by atoms with Crippen molar-refractivity contribution >= 4 is 17.5 Å². The van der Waals surface area contributed by atoms with E-state index in [2.05, 4.69) is 17.1 Å². The fourth-order valence-corrected chi connectivity index (χ4v) is 4.84. The van der Waals surface area contributed by atoms with Gasteiger partial charge in [-0.25, -0.2) is 4.98 Å². The predicted octanol–water partition coefficient (Wildman–Crippen LogP) is 2.25. The van der Waals surface area contributed by atoms with Gasteiger partial charge in [0.05, 0.1) is 26.3 Å². The summed E-state index contributed by atoms with van der Waals surface area (Å²) in [5.41, 5.74) is 4.53. The summed E-state index contributed by atoms with van der Waals surface area (Å²) in [6.45, 7) is 3.61. The summed E-state index contributed by atoms with van der Waals surface area (Å²) < 4.78 is 9.20. The van der Waals surface area contributed by atoms with Gasteiger partial charge in [-0.3, -0.25) is 14.3 Å². The van der Waals surface area contributed by atoms with Crippen LogP contribution in [0.4, 0.5) is 0 Å². The van der Waals surface area contributed by atoms with Gasteiger partial charge >= 0.3 is 0 Å². The minimum absolute atomic E-state index is 0.0987. The normalized spacial score (nSPS) is 15.9. The number of benzene rings is 1. The van der Waals surface area contributed by atoms with E-state index in [4.69, 9.17) is 9.84 Å². The van der Waals surface area contributed by atoms with Gasteiger partial charge in [0.1, 0.15) is 11.3 Å². The first-order valence-corrected chi connectivity index (χ1v) is 11.9. The molecule has 0 spiro atoms. The van der Waals surface area contributed by atoms with E-state index in [-0.39, 0.29) is 11.8 Å². The number of aromatic nitrogens is 4. The summed E-state index contributed by atoms with van der Waals surface area (Å²) in [6.07, 6.45) is 4.26. The molecule has 4 aromatic rings. The van der Waals surface area contributed by atoms with Gasteiger partial charge in [0.15, 0.2) is 5.69 Å². The lowest BCUT2D eigenvalue weighted by atomic mass is 10.0. The Bertz CT molecular complexity index is 1350. The van der Waals surface area contributed by atoms with Crippen LogP contribution in [0.3, 0.4) is 0 Å². The zero-order chi connectivity index (χ0) is 23.8. The number of carbonyl (C=O) groups excluding carboxylic acids is 2. The van der Waals surface area contributed by atoms with Crippen molar-refractivity contribution in [1.29, 1.82) is 0 Å². The van der Waals surface area contributed by atoms with Crippen LogP contribution in [0.15, 0.2) is 60.9 Å². The second-order valence-corrected chi connectivity index (χ2v) is 8.89. The average Bonchev–Trinajstić information content (AvgIpc) is 3.50. The number of nitrogens with zero attached hydrogens (tertiary/aromatic N) is 6. The average molecular weight is 471 g/mol. The fourth-order valence-electron chi connectivity index (χ4n) is 4.84. The third-order valence-corrected chi connectivity index (χ3v) is 6.68. The number of pyridine rings is 1. The number of amides is 2. The number of morpholine rings is 1. The number of rotatable bonds is 4. The molecular formula is C26H26N6O3. The van der Waals surface area contributed by atoms with Crippen molar-refractivity contribution in [3.05, 3.63) is 89.1 Å². The van der Waals surface area contributed by atoms with Gasteiger partial charge in [-0.15, -0.1) is 0 Å². The van der Waals surface area contributed by atoms with E-state index in [1.165, 1.54) is 0 Å². The van der Waals surface area contributed by atoms with E-state index in [0.29, 0.717) is 63.7 Å². The maximum Gasteiger partial charge on any atom is 0.274 e. The first-order chi connectivity index (χ1) is 17.2. The summed E-state index contributed by atoms with van der Waals surface area (Å²) in [5.74, 6) is -0.238. The van der Waals surface area contributed by atoms with Crippen LogP contribution in [-0.2, 0) is 24.2 Å². The highest BCUT2D eigenvalue weighted by Gasteiger charge is 2.33. The summed E-state index contributed by atoms with van der Waals surface area (Å²) >= 11 is 0. The second-order valence-electron chi connectivity index (χ2n) is 8.89. The maximum absolute atomic E-state index is 13.5. The topological polar surface area (TPSA) is 85.0 Å². The molecule has 0 radical (unpaired) electrons. The SMILES string of the molecule is O=C(c1cn2ccccc2n1)N1CCc2c(c(C(=O)N3CCOCC3)nn2Cc2ccccc2)C1. The molecule has 9 nitrogen and oxygen atoms in total. The highest BCUT2D eigenvalue weighted by Crippen LogP contribution is 2.26. The molecule has 35 heavy (non-hydrogen) atoms. The largest absolute Gasteiger partial charge is 0.378 e. The molecule has 5 heterocycles. The minimum Gasteiger partial charge on any atom is -0.378 e. The van der Waals surface area contributed by atoms with Crippen molar-refractivity contribution in [3.63, 3.8) is 0 Å². The molecule has 0 unspecified atom stereocenters. The van der Waals surface area contributed by atoms with E-state index in [9.17, 15) is 9.59 Å². The highest BCUT2D eigenvalue weighted by atomic mass is 16.5. The number of fused-ring (bicyclic) bond motifs is 2. The van der Waals surface area contributed by atoms with Crippen LogP contribution >= 0.6 is 0 Å². The number of ether oxygens (including phenoxy) is 1. The molecule has 3 aromatic heterocycles. The summed E-state index contributed by atoms with van der Waals surface area (Å²) in [7, 11) is 0. The molecular weight excluding hydrogens is 444 g/mol.